The molecule has 4 heteroatoms. The first-order valence-electron chi connectivity index (χ1n) is 7.43. The monoisotopic (exact) mass is 286 g/mol. The fraction of sp³-hybridized carbons (Fsp3) is 0.800. The maximum atomic E-state index is 12.2. The van der Waals surface area contributed by atoms with Crippen molar-refractivity contribution in [3.05, 3.63) is 11.8 Å². The number of hydrogen-bond acceptors (Lipinski definition) is 2. The molecule has 2 aliphatic carbocycles. The van der Waals surface area contributed by atoms with Gasteiger partial charge in [-0.2, -0.15) is 0 Å². The Balaban J connectivity index is 0.000000200. The van der Waals surface area contributed by atoms with Gasteiger partial charge in [0, 0.05) is 12.8 Å². The lowest BCUT2D eigenvalue weighted by molar-refractivity contribution is -0.125. The Morgan fingerprint density at radius 3 is 2.26 bits per heavy atom. The number of rotatable bonds is 2. The molecule has 1 fully saturated rings. The smallest absolute Gasteiger partial charge is 0.241 e. The number of alkyl halides is 1. The SMILES string of the molecule is C[Si](C)(C)OC1=CCCCC1.O=C1CCCCC1F. The van der Waals surface area contributed by atoms with Gasteiger partial charge in [0.2, 0.25) is 8.32 Å². The van der Waals surface area contributed by atoms with Crippen molar-refractivity contribution >= 4 is 14.1 Å². The van der Waals surface area contributed by atoms with E-state index in [1.165, 1.54) is 31.4 Å². The Kier molecular flexibility index (Phi) is 6.76. The molecule has 0 radical (unpaired) electrons. The second-order valence-electron chi connectivity index (χ2n) is 6.31. The van der Waals surface area contributed by atoms with Crippen LogP contribution < -0.4 is 0 Å². The van der Waals surface area contributed by atoms with Gasteiger partial charge in [-0.05, 0) is 64.2 Å². The van der Waals surface area contributed by atoms with Crippen LogP contribution in [0.2, 0.25) is 19.6 Å². The topological polar surface area (TPSA) is 26.3 Å². The van der Waals surface area contributed by atoms with E-state index < -0.39 is 14.5 Å². The number of hydrogen-bond donors (Lipinski definition) is 0. The molecule has 19 heavy (non-hydrogen) atoms. The average Bonchev–Trinajstić information content (AvgIpc) is 2.33. The van der Waals surface area contributed by atoms with Gasteiger partial charge in [0.1, 0.15) is 0 Å². The van der Waals surface area contributed by atoms with Crippen molar-refractivity contribution in [1.82, 2.24) is 0 Å². The predicted octanol–water partition coefficient (Wildman–Crippen LogP) is 4.76. The zero-order valence-electron chi connectivity index (χ0n) is 12.5. The van der Waals surface area contributed by atoms with Crippen LogP contribution in [0.25, 0.3) is 0 Å². The summed E-state index contributed by atoms with van der Waals surface area (Å²) in [5, 5.41) is 0. The quantitative estimate of drug-likeness (QED) is 0.684. The summed E-state index contributed by atoms with van der Waals surface area (Å²) in [5.41, 5.74) is 0. The summed E-state index contributed by atoms with van der Waals surface area (Å²) in [4.78, 5) is 10.4. The molecular formula is C15H27FO2Si. The third-order valence-corrected chi connectivity index (χ3v) is 4.04. The molecule has 0 amide bonds. The molecule has 2 nitrogen and oxygen atoms in total. The maximum Gasteiger partial charge on any atom is 0.241 e. The third kappa shape index (κ3) is 7.50. The van der Waals surface area contributed by atoms with Gasteiger partial charge in [0.15, 0.2) is 12.0 Å². The first-order valence-corrected chi connectivity index (χ1v) is 10.8. The first-order chi connectivity index (χ1) is 8.88. The van der Waals surface area contributed by atoms with E-state index in [2.05, 4.69) is 25.7 Å². The van der Waals surface area contributed by atoms with Crippen molar-refractivity contribution in [2.24, 2.45) is 0 Å². The minimum Gasteiger partial charge on any atom is -0.548 e. The van der Waals surface area contributed by atoms with Crippen LogP contribution in [0, 0.1) is 0 Å². The minimum absolute atomic E-state index is 0.198. The molecule has 110 valence electrons. The highest BCUT2D eigenvalue weighted by atomic mass is 28.4. The molecule has 1 atom stereocenters. The highest BCUT2D eigenvalue weighted by molar-refractivity contribution is 6.70. The summed E-state index contributed by atoms with van der Waals surface area (Å²) >= 11 is 0. The van der Waals surface area contributed by atoms with Crippen LogP contribution in [0.3, 0.4) is 0 Å². The van der Waals surface area contributed by atoms with Crippen molar-refractivity contribution in [1.29, 1.82) is 0 Å². The van der Waals surface area contributed by atoms with Gasteiger partial charge in [0.25, 0.3) is 0 Å². The number of carbonyl (C=O) groups is 1. The Labute approximate surface area is 117 Å². The fourth-order valence-corrected chi connectivity index (χ4v) is 3.21. The summed E-state index contributed by atoms with van der Waals surface area (Å²) in [5.74, 6) is 1.06. The van der Waals surface area contributed by atoms with Crippen molar-refractivity contribution < 1.29 is 13.6 Å². The Hall–Kier alpha value is -0.643. The highest BCUT2D eigenvalue weighted by Gasteiger charge is 2.20. The van der Waals surface area contributed by atoms with Gasteiger partial charge in [-0.15, -0.1) is 0 Å². The normalized spacial score (nSPS) is 24.1. The van der Waals surface area contributed by atoms with Gasteiger partial charge in [-0.1, -0.05) is 0 Å². The summed E-state index contributed by atoms with van der Waals surface area (Å²) in [6, 6.07) is 0. The van der Waals surface area contributed by atoms with Gasteiger partial charge >= 0.3 is 0 Å². The molecule has 0 spiro atoms. The summed E-state index contributed by atoms with van der Waals surface area (Å²) in [6.07, 6.45) is 8.87. The van der Waals surface area contributed by atoms with Crippen molar-refractivity contribution in [2.45, 2.75) is 77.2 Å². The van der Waals surface area contributed by atoms with Gasteiger partial charge in [0.05, 0.1) is 5.76 Å². The van der Waals surface area contributed by atoms with E-state index in [0.717, 1.165) is 12.8 Å². The lowest BCUT2D eigenvalue weighted by atomic mass is 9.98. The van der Waals surface area contributed by atoms with E-state index in [9.17, 15) is 9.18 Å². The van der Waals surface area contributed by atoms with Crippen LogP contribution in [0.5, 0.6) is 0 Å². The van der Waals surface area contributed by atoms with Gasteiger partial charge in [-0.25, -0.2) is 4.39 Å². The average molecular weight is 286 g/mol. The third-order valence-electron chi connectivity index (χ3n) is 3.17. The summed E-state index contributed by atoms with van der Waals surface area (Å²) in [6.45, 7) is 6.72. The molecule has 1 unspecified atom stereocenters. The lowest BCUT2D eigenvalue weighted by Crippen LogP contribution is -2.25. The van der Waals surface area contributed by atoms with Crippen LogP contribution in [0.4, 0.5) is 4.39 Å². The molecule has 1 saturated carbocycles. The minimum atomic E-state index is -1.31. The molecule has 2 aliphatic rings. The molecule has 0 bridgehead atoms. The van der Waals surface area contributed by atoms with E-state index >= 15 is 0 Å². The zero-order chi connectivity index (χ0) is 14.3. The van der Waals surface area contributed by atoms with Gasteiger partial charge in [-0.3, -0.25) is 4.79 Å². The molecule has 2 rings (SSSR count). The van der Waals surface area contributed by atoms with Crippen molar-refractivity contribution in [2.75, 3.05) is 0 Å². The summed E-state index contributed by atoms with van der Waals surface area (Å²) < 4.78 is 18.1. The zero-order valence-corrected chi connectivity index (χ0v) is 13.5. The Morgan fingerprint density at radius 1 is 1.16 bits per heavy atom. The van der Waals surface area contributed by atoms with E-state index in [-0.39, 0.29) is 5.78 Å². The van der Waals surface area contributed by atoms with Crippen LogP contribution >= 0.6 is 0 Å². The molecule has 0 aromatic rings. The van der Waals surface area contributed by atoms with Crippen LogP contribution in [0.1, 0.15) is 51.4 Å². The largest absolute Gasteiger partial charge is 0.548 e. The fourth-order valence-electron chi connectivity index (χ4n) is 2.24. The van der Waals surface area contributed by atoms with E-state index in [1.54, 1.807) is 0 Å². The molecule has 0 N–H and O–H groups in total. The summed E-state index contributed by atoms with van der Waals surface area (Å²) in [7, 11) is -1.31. The predicted molar refractivity (Wildman–Crippen MR) is 79.4 cm³/mol. The number of carbonyl (C=O) groups excluding carboxylic acids is 1. The Bertz CT molecular complexity index is 321. The number of halogens is 1. The van der Waals surface area contributed by atoms with Crippen LogP contribution in [0.15, 0.2) is 11.8 Å². The molecular weight excluding hydrogens is 259 g/mol. The number of ketones is 1. The second kappa shape index (κ2) is 7.83. The van der Waals surface area contributed by atoms with E-state index in [0.29, 0.717) is 12.8 Å². The molecule has 0 aromatic heterocycles. The van der Waals surface area contributed by atoms with Crippen LogP contribution in [-0.4, -0.2) is 20.3 Å². The van der Waals surface area contributed by atoms with E-state index in [1.807, 2.05) is 0 Å². The Morgan fingerprint density at radius 2 is 1.84 bits per heavy atom. The second-order valence-corrected chi connectivity index (χ2v) is 10.7. The number of Topliss-reactive ketones (excluding diaryl/α,β-unsaturated/α-hetero) is 1. The van der Waals surface area contributed by atoms with Gasteiger partial charge < -0.3 is 4.43 Å². The molecule has 0 aromatic carbocycles. The number of allylic oxidation sites excluding steroid dienone is 2. The van der Waals surface area contributed by atoms with Crippen molar-refractivity contribution in [3.63, 3.8) is 0 Å². The van der Waals surface area contributed by atoms with Crippen LogP contribution in [-0.2, 0) is 9.22 Å². The molecule has 0 aliphatic heterocycles. The van der Waals surface area contributed by atoms with Crippen molar-refractivity contribution in [3.8, 4) is 0 Å². The maximum absolute atomic E-state index is 12.2. The molecule has 0 saturated heterocycles. The first kappa shape index (κ1) is 16.4. The highest BCUT2D eigenvalue weighted by Crippen LogP contribution is 2.21. The molecule has 0 heterocycles. The standard InChI is InChI=1S/C9H18OSi.C6H9FO/c1-11(2,3)10-9-7-5-4-6-8-9;7-5-3-1-2-4-6(5)8/h7H,4-6,8H2,1-3H3;5H,1-4H2. The van der Waals surface area contributed by atoms with E-state index in [4.69, 9.17) is 4.43 Å². The lowest BCUT2D eigenvalue weighted by Gasteiger charge is -2.23.